The van der Waals surface area contributed by atoms with Gasteiger partial charge in [-0.15, -0.1) is 0 Å². The maximum atomic E-state index is 12.4. The van der Waals surface area contributed by atoms with Gasteiger partial charge in [-0.1, -0.05) is 11.6 Å². The summed E-state index contributed by atoms with van der Waals surface area (Å²) in [6.07, 6.45) is -3.03. The lowest BCUT2D eigenvalue weighted by atomic mass is 10.1. The Morgan fingerprint density at radius 3 is 2.73 bits per heavy atom. The van der Waals surface area contributed by atoms with Crippen LogP contribution in [0.5, 0.6) is 0 Å². The van der Waals surface area contributed by atoms with Gasteiger partial charge in [0.05, 0.1) is 17.1 Å². The Morgan fingerprint density at radius 1 is 1.67 bits per heavy atom. The molecule has 1 aromatic rings. The first kappa shape index (κ1) is 11.8. The molecule has 0 bridgehead atoms. The van der Waals surface area contributed by atoms with Crippen LogP contribution >= 0.6 is 11.6 Å². The summed E-state index contributed by atoms with van der Waals surface area (Å²) in [5.74, 6) is -1.10. The minimum atomic E-state index is -2.66. The second-order valence-electron chi connectivity index (χ2n) is 2.96. The summed E-state index contributed by atoms with van der Waals surface area (Å²) in [5.41, 5.74) is -0.0640. The van der Waals surface area contributed by atoms with E-state index in [2.05, 4.69) is 4.98 Å². The van der Waals surface area contributed by atoms with Crippen LogP contribution < -0.4 is 0 Å². The van der Waals surface area contributed by atoms with Gasteiger partial charge >= 0.3 is 5.97 Å². The number of nitrogens with zero attached hydrogens (tertiary/aromatic N) is 1. The van der Waals surface area contributed by atoms with Crippen molar-refractivity contribution in [3.8, 4) is 0 Å². The fraction of sp³-hybridized carbons (Fsp3) is 0.333. The fourth-order valence-electron chi connectivity index (χ4n) is 1.13. The highest BCUT2D eigenvalue weighted by Crippen LogP contribution is 2.26. The van der Waals surface area contributed by atoms with Crippen molar-refractivity contribution in [2.75, 3.05) is 0 Å². The minimum absolute atomic E-state index is 0.0432. The van der Waals surface area contributed by atoms with Crippen LogP contribution in [0.15, 0.2) is 6.07 Å². The number of pyridine rings is 1. The molecule has 1 rings (SSSR count). The largest absolute Gasteiger partial charge is 0.481 e. The Balaban J connectivity index is 3.13. The molecule has 0 aromatic carbocycles. The maximum absolute atomic E-state index is 12.4. The van der Waals surface area contributed by atoms with Crippen molar-refractivity contribution in [3.05, 3.63) is 28.0 Å². The number of carbonyl (C=O) groups is 1. The van der Waals surface area contributed by atoms with Gasteiger partial charge in [-0.05, 0) is 13.0 Å². The van der Waals surface area contributed by atoms with Crippen molar-refractivity contribution < 1.29 is 18.7 Å². The predicted octanol–water partition coefficient (Wildman–Crippen LogP) is 2.61. The van der Waals surface area contributed by atoms with Crippen LogP contribution in [-0.2, 0) is 11.2 Å². The van der Waals surface area contributed by atoms with E-state index in [9.17, 15) is 13.6 Å². The molecule has 82 valence electrons. The Kier molecular flexibility index (Phi) is 3.57. The molecule has 15 heavy (non-hydrogen) atoms. The molecular formula is C9H8ClF2NO2. The van der Waals surface area contributed by atoms with Crippen LogP contribution in [0.1, 0.15) is 23.4 Å². The number of hydrogen-bond acceptors (Lipinski definition) is 2. The Hall–Kier alpha value is -1.23. The molecule has 0 aliphatic heterocycles. The summed E-state index contributed by atoms with van der Waals surface area (Å²) in [4.78, 5) is 14.1. The summed E-state index contributed by atoms with van der Waals surface area (Å²) in [6.45, 7) is 1.39. The Morgan fingerprint density at radius 2 is 2.27 bits per heavy atom. The number of aryl methyl sites for hydroxylation is 1. The van der Waals surface area contributed by atoms with Crippen molar-refractivity contribution >= 4 is 17.6 Å². The lowest BCUT2D eigenvalue weighted by molar-refractivity contribution is -0.136. The minimum Gasteiger partial charge on any atom is -0.481 e. The lowest BCUT2D eigenvalue weighted by Gasteiger charge is -2.07. The molecule has 0 aliphatic carbocycles. The van der Waals surface area contributed by atoms with Crippen molar-refractivity contribution in [1.82, 2.24) is 4.98 Å². The average Bonchev–Trinajstić information content (AvgIpc) is 2.09. The van der Waals surface area contributed by atoms with Crippen LogP contribution in [0.2, 0.25) is 5.02 Å². The van der Waals surface area contributed by atoms with E-state index in [-0.39, 0.29) is 28.4 Å². The lowest BCUT2D eigenvalue weighted by Crippen LogP contribution is -2.06. The van der Waals surface area contributed by atoms with Crippen molar-refractivity contribution in [3.63, 3.8) is 0 Å². The molecule has 0 saturated heterocycles. The number of carboxylic acids is 1. The van der Waals surface area contributed by atoms with E-state index >= 15 is 0 Å². The zero-order chi connectivity index (χ0) is 11.6. The molecule has 0 atom stereocenters. The highest BCUT2D eigenvalue weighted by atomic mass is 35.5. The molecule has 0 fully saturated rings. The molecule has 1 N–H and O–H groups in total. The first-order valence-corrected chi connectivity index (χ1v) is 4.45. The molecule has 0 aliphatic rings. The Labute approximate surface area is 89.7 Å². The van der Waals surface area contributed by atoms with Crippen molar-refractivity contribution in [1.29, 1.82) is 0 Å². The zero-order valence-corrected chi connectivity index (χ0v) is 8.55. The normalized spacial score (nSPS) is 10.7. The molecule has 1 heterocycles. The Bertz CT molecular complexity index is 396. The topological polar surface area (TPSA) is 50.2 Å². The molecule has 0 spiro atoms. The second-order valence-corrected chi connectivity index (χ2v) is 3.37. The molecule has 6 heteroatoms. The highest BCUT2D eigenvalue weighted by molar-refractivity contribution is 6.31. The van der Waals surface area contributed by atoms with E-state index in [1.54, 1.807) is 0 Å². The third kappa shape index (κ3) is 2.86. The standard InChI is InChI=1S/C9H8ClF2NO2/c1-4-5(9(11)12)2-6(10)7(13-4)3-8(14)15/h2,9H,3H2,1H3,(H,14,15). The van der Waals surface area contributed by atoms with E-state index in [0.29, 0.717) is 0 Å². The van der Waals surface area contributed by atoms with Crippen LogP contribution in [0, 0.1) is 6.92 Å². The first-order valence-electron chi connectivity index (χ1n) is 4.07. The molecular weight excluding hydrogens is 228 g/mol. The van der Waals surface area contributed by atoms with Gasteiger partial charge in [-0.2, -0.15) is 0 Å². The summed E-state index contributed by atoms with van der Waals surface area (Å²) < 4.78 is 24.8. The quantitative estimate of drug-likeness (QED) is 0.876. The SMILES string of the molecule is Cc1nc(CC(=O)O)c(Cl)cc1C(F)F. The maximum Gasteiger partial charge on any atom is 0.309 e. The van der Waals surface area contributed by atoms with E-state index in [4.69, 9.17) is 16.7 Å². The zero-order valence-electron chi connectivity index (χ0n) is 7.80. The monoisotopic (exact) mass is 235 g/mol. The summed E-state index contributed by atoms with van der Waals surface area (Å²) >= 11 is 5.63. The second kappa shape index (κ2) is 4.53. The van der Waals surface area contributed by atoms with E-state index < -0.39 is 12.4 Å². The van der Waals surface area contributed by atoms with Crippen LogP contribution in [0.3, 0.4) is 0 Å². The number of aliphatic carboxylic acids is 1. The third-order valence-corrected chi connectivity index (χ3v) is 2.16. The van der Waals surface area contributed by atoms with Gasteiger partial charge in [0.25, 0.3) is 6.43 Å². The summed E-state index contributed by atoms with van der Waals surface area (Å²) in [7, 11) is 0. The van der Waals surface area contributed by atoms with Gasteiger partial charge in [0.15, 0.2) is 0 Å². The number of rotatable bonds is 3. The van der Waals surface area contributed by atoms with Gasteiger partial charge in [-0.3, -0.25) is 9.78 Å². The van der Waals surface area contributed by atoms with Gasteiger partial charge in [0, 0.05) is 11.3 Å². The van der Waals surface area contributed by atoms with Gasteiger partial charge in [0.1, 0.15) is 0 Å². The third-order valence-electron chi connectivity index (χ3n) is 1.83. The predicted molar refractivity (Wildman–Crippen MR) is 50.3 cm³/mol. The summed E-state index contributed by atoms with van der Waals surface area (Å²) in [6, 6.07) is 1.06. The van der Waals surface area contributed by atoms with Gasteiger partial charge in [-0.25, -0.2) is 8.78 Å². The molecule has 1 aromatic heterocycles. The number of hydrogen-bond donors (Lipinski definition) is 1. The van der Waals surface area contributed by atoms with E-state index in [1.165, 1.54) is 6.92 Å². The van der Waals surface area contributed by atoms with Crippen LogP contribution in [0.4, 0.5) is 8.78 Å². The van der Waals surface area contributed by atoms with Gasteiger partial charge in [0.2, 0.25) is 0 Å². The van der Waals surface area contributed by atoms with Gasteiger partial charge < -0.3 is 5.11 Å². The molecule has 0 unspecified atom stereocenters. The molecule has 3 nitrogen and oxygen atoms in total. The average molecular weight is 236 g/mol. The first-order chi connectivity index (χ1) is 6.91. The van der Waals surface area contributed by atoms with Crippen LogP contribution in [-0.4, -0.2) is 16.1 Å². The number of aromatic nitrogens is 1. The molecule has 0 saturated carbocycles. The van der Waals surface area contributed by atoms with Crippen molar-refractivity contribution in [2.45, 2.75) is 19.8 Å². The number of halogens is 3. The number of carboxylic acid groups (broad SMARTS) is 1. The smallest absolute Gasteiger partial charge is 0.309 e. The fourth-order valence-corrected chi connectivity index (χ4v) is 1.36. The van der Waals surface area contributed by atoms with Crippen molar-refractivity contribution in [2.24, 2.45) is 0 Å². The summed E-state index contributed by atoms with van der Waals surface area (Å²) in [5, 5.41) is 8.47. The highest BCUT2D eigenvalue weighted by Gasteiger charge is 2.16. The van der Waals surface area contributed by atoms with E-state index in [0.717, 1.165) is 6.07 Å². The molecule has 0 amide bonds. The number of alkyl halides is 2. The van der Waals surface area contributed by atoms with E-state index in [1.807, 2.05) is 0 Å². The molecule has 0 radical (unpaired) electrons. The van der Waals surface area contributed by atoms with Crippen LogP contribution in [0.25, 0.3) is 0 Å².